The Morgan fingerprint density at radius 1 is 0.880 bits per heavy atom. The van der Waals surface area contributed by atoms with Gasteiger partial charge in [0.05, 0.1) is 7.11 Å². The van der Waals surface area contributed by atoms with Crippen molar-refractivity contribution in [3.8, 4) is 28.3 Å². The third-order valence-corrected chi connectivity index (χ3v) is 4.41. The van der Waals surface area contributed by atoms with Crippen molar-refractivity contribution in [2.24, 2.45) is 0 Å². The molecule has 0 amide bonds. The van der Waals surface area contributed by atoms with E-state index >= 15 is 0 Å². The highest BCUT2D eigenvalue weighted by Gasteiger charge is 2.12. The van der Waals surface area contributed by atoms with E-state index in [1.807, 2.05) is 72.9 Å². The average molecular weight is 347 g/mol. The summed E-state index contributed by atoms with van der Waals surface area (Å²) in [6.45, 7) is 0. The van der Waals surface area contributed by atoms with Crippen LogP contribution < -0.4 is 4.74 Å². The molecule has 4 aromatic rings. The van der Waals surface area contributed by atoms with Crippen molar-refractivity contribution >= 4 is 22.5 Å². The molecule has 0 bridgehead atoms. The van der Waals surface area contributed by atoms with E-state index in [4.69, 9.17) is 21.3 Å². The van der Waals surface area contributed by atoms with Crippen LogP contribution in [0.2, 0.25) is 5.02 Å². The van der Waals surface area contributed by atoms with Gasteiger partial charge in [0.25, 0.3) is 0 Å². The van der Waals surface area contributed by atoms with Crippen molar-refractivity contribution in [2.45, 2.75) is 0 Å². The molecule has 0 aliphatic rings. The molecule has 0 radical (unpaired) electrons. The van der Waals surface area contributed by atoms with Crippen molar-refractivity contribution in [1.29, 1.82) is 0 Å². The fourth-order valence-electron chi connectivity index (χ4n) is 2.85. The monoisotopic (exact) mass is 346 g/mol. The van der Waals surface area contributed by atoms with Gasteiger partial charge in [-0.1, -0.05) is 60.1 Å². The Balaban J connectivity index is 1.90. The van der Waals surface area contributed by atoms with E-state index in [-0.39, 0.29) is 0 Å². The second-order valence-electron chi connectivity index (χ2n) is 5.66. The molecule has 0 saturated heterocycles. The minimum absolute atomic E-state index is 0.678. The number of aromatic nitrogens is 2. The molecule has 0 fully saturated rings. The summed E-state index contributed by atoms with van der Waals surface area (Å²) in [4.78, 5) is 9.21. The number of halogens is 1. The van der Waals surface area contributed by atoms with Crippen LogP contribution in [0, 0.1) is 0 Å². The fourth-order valence-corrected chi connectivity index (χ4v) is 3.09. The summed E-state index contributed by atoms with van der Waals surface area (Å²) < 4.78 is 5.59. The van der Waals surface area contributed by atoms with E-state index in [9.17, 15) is 0 Å². The van der Waals surface area contributed by atoms with Crippen LogP contribution in [0.5, 0.6) is 5.75 Å². The molecule has 122 valence electrons. The molecule has 0 atom stereocenters. The Morgan fingerprint density at radius 2 is 1.64 bits per heavy atom. The van der Waals surface area contributed by atoms with Crippen LogP contribution in [0.3, 0.4) is 0 Å². The summed E-state index contributed by atoms with van der Waals surface area (Å²) >= 11 is 6.34. The minimum Gasteiger partial charge on any atom is -0.494 e. The molecule has 3 nitrogen and oxygen atoms in total. The van der Waals surface area contributed by atoms with Crippen LogP contribution in [-0.4, -0.2) is 17.1 Å². The first kappa shape index (κ1) is 15.6. The van der Waals surface area contributed by atoms with E-state index in [2.05, 4.69) is 4.98 Å². The molecular weight excluding hydrogens is 332 g/mol. The maximum Gasteiger partial charge on any atom is 0.159 e. The maximum atomic E-state index is 6.34. The van der Waals surface area contributed by atoms with E-state index in [0.29, 0.717) is 16.6 Å². The fraction of sp³-hybridized carbons (Fsp3) is 0.0476. The third kappa shape index (κ3) is 2.94. The Morgan fingerprint density at radius 3 is 2.40 bits per heavy atom. The van der Waals surface area contributed by atoms with Gasteiger partial charge in [-0.15, -0.1) is 0 Å². The molecular formula is C21H15ClN2O. The van der Waals surface area contributed by atoms with Gasteiger partial charge in [0.1, 0.15) is 11.3 Å². The van der Waals surface area contributed by atoms with E-state index in [1.165, 1.54) is 0 Å². The lowest BCUT2D eigenvalue weighted by molar-refractivity contribution is 0.419. The SMILES string of the molecule is COc1cc(-c2ccccc2Cl)cc2cnc(-c3ccccc3)nc12. The van der Waals surface area contributed by atoms with Crippen molar-refractivity contribution in [2.75, 3.05) is 7.11 Å². The van der Waals surface area contributed by atoms with Gasteiger partial charge in [0.15, 0.2) is 5.82 Å². The van der Waals surface area contributed by atoms with Crippen molar-refractivity contribution < 1.29 is 4.74 Å². The molecule has 0 unspecified atom stereocenters. The second kappa shape index (κ2) is 6.54. The number of hydrogen-bond donors (Lipinski definition) is 0. The number of benzene rings is 3. The Kier molecular flexibility index (Phi) is 4.08. The molecule has 25 heavy (non-hydrogen) atoms. The number of methoxy groups -OCH3 is 1. The first-order valence-corrected chi connectivity index (χ1v) is 8.29. The molecule has 4 rings (SSSR count). The zero-order valence-electron chi connectivity index (χ0n) is 13.6. The number of nitrogens with zero attached hydrogens (tertiary/aromatic N) is 2. The van der Waals surface area contributed by atoms with Gasteiger partial charge in [-0.2, -0.15) is 0 Å². The standard InChI is InChI=1S/C21H15ClN2O/c1-25-19-12-15(17-9-5-6-10-18(17)22)11-16-13-23-21(24-20(16)19)14-7-3-2-4-8-14/h2-13H,1H3. The van der Waals surface area contributed by atoms with Crippen LogP contribution in [0.1, 0.15) is 0 Å². The zero-order chi connectivity index (χ0) is 17.2. The van der Waals surface area contributed by atoms with Crippen molar-refractivity contribution in [3.05, 3.63) is 77.9 Å². The minimum atomic E-state index is 0.678. The Bertz CT molecular complexity index is 1050. The quantitative estimate of drug-likeness (QED) is 0.482. The predicted octanol–water partition coefficient (Wildman–Crippen LogP) is 5.63. The number of ether oxygens (including phenoxy) is 1. The summed E-state index contributed by atoms with van der Waals surface area (Å²) in [6.07, 6.45) is 1.83. The van der Waals surface area contributed by atoms with Gasteiger partial charge < -0.3 is 4.74 Å². The van der Waals surface area contributed by atoms with Crippen molar-refractivity contribution in [1.82, 2.24) is 9.97 Å². The molecule has 1 heterocycles. The smallest absolute Gasteiger partial charge is 0.159 e. The van der Waals surface area contributed by atoms with Crippen molar-refractivity contribution in [3.63, 3.8) is 0 Å². The summed E-state index contributed by atoms with van der Waals surface area (Å²) in [7, 11) is 1.65. The summed E-state index contributed by atoms with van der Waals surface area (Å²) in [5, 5.41) is 1.61. The Labute approximate surface area is 150 Å². The zero-order valence-corrected chi connectivity index (χ0v) is 14.4. The molecule has 0 spiro atoms. The average Bonchev–Trinajstić information content (AvgIpc) is 2.67. The van der Waals surface area contributed by atoms with E-state index in [1.54, 1.807) is 7.11 Å². The Hall–Kier alpha value is -2.91. The number of fused-ring (bicyclic) bond motifs is 1. The summed E-state index contributed by atoms with van der Waals surface area (Å²) in [5.74, 6) is 1.38. The van der Waals surface area contributed by atoms with Gasteiger partial charge >= 0.3 is 0 Å². The highest BCUT2D eigenvalue weighted by atomic mass is 35.5. The lowest BCUT2D eigenvalue weighted by atomic mass is 10.0. The largest absolute Gasteiger partial charge is 0.494 e. The van der Waals surface area contributed by atoms with Crippen LogP contribution in [0.4, 0.5) is 0 Å². The first-order chi connectivity index (χ1) is 12.3. The van der Waals surface area contributed by atoms with Gasteiger partial charge in [-0.25, -0.2) is 9.97 Å². The van der Waals surface area contributed by atoms with Gasteiger partial charge in [0.2, 0.25) is 0 Å². The summed E-state index contributed by atoms with van der Waals surface area (Å²) in [5.41, 5.74) is 3.69. The predicted molar refractivity (Wildman–Crippen MR) is 102 cm³/mol. The maximum absolute atomic E-state index is 6.34. The normalized spacial score (nSPS) is 10.8. The topological polar surface area (TPSA) is 35.0 Å². The lowest BCUT2D eigenvalue weighted by Gasteiger charge is -2.11. The third-order valence-electron chi connectivity index (χ3n) is 4.08. The molecule has 1 aromatic heterocycles. The van der Waals surface area contributed by atoms with Gasteiger partial charge in [-0.3, -0.25) is 0 Å². The van der Waals surface area contributed by atoms with Gasteiger partial charge in [-0.05, 0) is 23.8 Å². The molecule has 0 saturated carbocycles. The number of hydrogen-bond acceptors (Lipinski definition) is 3. The van der Waals surface area contributed by atoms with Gasteiger partial charge in [0, 0.05) is 27.7 Å². The molecule has 0 N–H and O–H groups in total. The van der Waals surface area contributed by atoms with Crippen LogP contribution >= 0.6 is 11.6 Å². The molecule has 0 aliphatic carbocycles. The molecule has 0 aliphatic heterocycles. The highest BCUT2D eigenvalue weighted by molar-refractivity contribution is 6.33. The lowest BCUT2D eigenvalue weighted by Crippen LogP contribution is -1.94. The van der Waals surface area contributed by atoms with Crippen LogP contribution in [0.15, 0.2) is 72.9 Å². The first-order valence-electron chi connectivity index (χ1n) is 7.91. The van der Waals surface area contributed by atoms with E-state index in [0.717, 1.165) is 27.6 Å². The second-order valence-corrected chi connectivity index (χ2v) is 6.06. The number of rotatable bonds is 3. The molecule has 4 heteroatoms. The van der Waals surface area contributed by atoms with E-state index < -0.39 is 0 Å². The highest BCUT2D eigenvalue weighted by Crippen LogP contribution is 2.35. The summed E-state index contributed by atoms with van der Waals surface area (Å²) in [6, 6.07) is 21.6. The van der Waals surface area contributed by atoms with Crippen LogP contribution in [0.25, 0.3) is 33.4 Å². The van der Waals surface area contributed by atoms with Crippen LogP contribution in [-0.2, 0) is 0 Å². The molecule has 3 aromatic carbocycles.